The molecule has 0 saturated carbocycles. The molecule has 1 aliphatic rings. The van der Waals surface area contributed by atoms with Crippen LogP contribution in [0.25, 0.3) is 0 Å². The third-order valence-electron chi connectivity index (χ3n) is 2.38. The van der Waals surface area contributed by atoms with Gasteiger partial charge < -0.3 is 19.9 Å². The van der Waals surface area contributed by atoms with Gasteiger partial charge in [-0.2, -0.15) is 0 Å². The molecule has 4 heteroatoms. The molecule has 0 aliphatic carbocycles. The van der Waals surface area contributed by atoms with Crippen molar-refractivity contribution in [1.29, 1.82) is 0 Å². The first-order chi connectivity index (χ1) is 7.24. The van der Waals surface area contributed by atoms with E-state index in [1.165, 1.54) is 0 Å². The second-order valence-electron chi connectivity index (χ2n) is 3.49. The number of benzene rings is 1. The van der Waals surface area contributed by atoms with Crippen LogP contribution in [0.5, 0.6) is 17.2 Å². The van der Waals surface area contributed by atoms with E-state index in [9.17, 15) is 0 Å². The molecule has 82 valence electrons. The maximum atomic E-state index is 5.90. The summed E-state index contributed by atoms with van der Waals surface area (Å²) in [6.45, 7) is 3.04. The lowest BCUT2D eigenvalue weighted by Crippen LogP contribution is -2.19. The molecule has 1 unspecified atom stereocenters. The van der Waals surface area contributed by atoms with Crippen LogP contribution in [-0.2, 0) is 0 Å². The molecule has 0 radical (unpaired) electrons. The molecule has 2 rings (SSSR count). The molecule has 15 heavy (non-hydrogen) atoms. The van der Waals surface area contributed by atoms with Crippen LogP contribution in [0.1, 0.15) is 18.5 Å². The number of methoxy groups -OCH3 is 1. The summed E-state index contributed by atoms with van der Waals surface area (Å²) < 4.78 is 16.3. The number of fused-ring (bicyclic) bond motifs is 1. The van der Waals surface area contributed by atoms with Gasteiger partial charge in [-0.25, -0.2) is 0 Å². The van der Waals surface area contributed by atoms with Gasteiger partial charge in [0.2, 0.25) is 0 Å². The fourth-order valence-electron chi connectivity index (χ4n) is 1.73. The predicted molar refractivity (Wildman–Crippen MR) is 56.6 cm³/mol. The van der Waals surface area contributed by atoms with E-state index in [0.29, 0.717) is 13.2 Å². The number of nitrogens with two attached hydrogens (primary N) is 1. The van der Waals surface area contributed by atoms with Crippen molar-refractivity contribution in [3.63, 3.8) is 0 Å². The van der Waals surface area contributed by atoms with Crippen LogP contribution < -0.4 is 19.9 Å². The van der Waals surface area contributed by atoms with Crippen molar-refractivity contribution in [2.24, 2.45) is 5.73 Å². The molecule has 1 heterocycles. The van der Waals surface area contributed by atoms with Crippen molar-refractivity contribution >= 4 is 0 Å². The van der Waals surface area contributed by atoms with Crippen LogP contribution >= 0.6 is 0 Å². The van der Waals surface area contributed by atoms with Gasteiger partial charge in [-0.3, -0.25) is 0 Å². The van der Waals surface area contributed by atoms with Crippen LogP contribution in [0.4, 0.5) is 0 Å². The van der Waals surface area contributed by atoms with Crippen molar-refractivity contribution in [2.45, 2.75) is 13.0 Å². The highest BCUT2D eigenvalue weighted by Gasteiger charge is 2.21. The molecule has 1 atom stereocenters. The molecule has 0 saturated heterocycles. The number of hydrogen-bond acceptors (Lipinski definition) is 4. The molecule has 0 bridgehead atoms. The number of hydrogen-bond donors (Lipinski definition) is 1. The molecule has 1 aliphatic heterocycles. The second kappa shape index (κ2) is 3.98. The third-order valence-corrected chi connectivity index (χ3v) is 2.38. The Morgan fingerprint density at radius 1 is 1.33 bits per heavy atom. The van der Waals surface area contributed by atoms with Gasteiger partial charge in [0.15, 0.2) is 11.5 Å². The Morgan fingerprint density at radius 3 is 2.73 bits per heavy atom. The van der Waals surface area contributed by atoms with Gasteiger partial charge in [0, 0.05) is 6.04 Å². The maximum absolute atomic E-state index is 5.90. The van der Waals surface area contributed by atoms with Crippen LogP contribution in [0.3, 0.4) is 0 Å². The summed E-state index contributed by atoms with van der Waals surface area (Å²) >= 11 is 0. The smallest absolute Gasteiger partial charge is 0.169 e. The van der Waals surface area contributed by atoms with Crippen molar-refractivity contribution in [1.82, 2.24) is 0 Å². The molecule has 0 amide bonds. The van der Waals surface area contributed by atoms with Crippen LogP contribution in [0.2, 0.25) is 0 Å². The first kappa shape index (κ1) is 10.1. The van der Waals surface area contributed by atoms with Gasteiger partial charge in [0.1, 0.15) is 19.0 Å². The van der Waals surface area contributed by atoms with Gasteiger partial charge in [-0.05, 0) is 19.1 Å². The average molecular weight is 209 g/mol. The minimum Gasteiger partial charge on any atom is -0.496 e. The Labute approximate surface area is 88.9 Å². The van der Waals surface area contributed by atoms with Crippen molar-refractivity contribution < 1.29 is 14.2 Å². The summed E-state index contributed by atoms with van der Waals surface area (Å²) in [5, 5.41) is 0. The first-order valence-corrected chi connectivity index (χ1v) is 4.96. The molecular formula is C11H15NO3. The summed E-state index contributed by atoms with van der Waals surface area (Å²) in [6, 6.07) is 3.56. The lowest BCUT2D eigenvalue weighted by molar-refractivity contribution is 0.168. The minimum atomic E-state index is -0.142. The Bertz CT molecular complexity index is 363. The zero-order valence-electron chi connectivity index (χ0n) is 8.95. The zero-order valence-corrected chi connectivity index (χ0v) is 8.95. The van der Waals surface area contributed by atoms with E-state index >= 15 is 0 Å². The fraction of sp³-hybridized carbons (Fsp3) is 0.455. The van der Waals surface area contributed by atoms with Crippen LogP contribution in [-0.4, -0.2) is 20.3 Å². The van der Waals surface area contributed by atoms with E-state index in [2.05, 4.69) is 0 Å². The van der Waals surface area contributed by atoms with Gasteiger partial charge in [-0.1, -0.05) is 0 Å². The Kier molecular flexibility index (Phi) is 2.68. The fourth-order valence-corrected chi connectivity index (χ4v) is 1.73. The van der Waals surface area contributed by atoms with E-state index in [4.69, 9.17) is 19.9 Å². The highest BCUT2D eigenvalue weighted by Crippen LogP contribution is 2.41. The topological polar surface area (TPSA) is 53.7 Å². The summed E-state index contributed by atoms with van der Waals surface area (Å²) in [5.41, 5.74) is 6.77. The molecule has 0 fully saturated rings. The minimum absolute atomic E-state index is 0.142. The third kappa shape index (κ3) is 1.72. The van der Waals surface area contributed by atoms with Gasteiger partial charge in [0.05, 0.1) is 12.7 Å². The van der Waals surface area contributed by atoms with E-state index in [-0.39, 0.29) is 6.04 Å². The average Bonchev–Trinajstić information content (AvgIpc) is 2.27. The first-order valence-electron chi connectivity index (χ1n) is 4.96. The second-order valence-corrected chi connectivity index (χ2v) is 3.49. The van der Waals surface area contributed by atoms with Gasteiger partial charge in [0.25, 0.3) is 0 Å². The summed E-state index contributed by atoms with van der Waals surface area (Å²) in [4.78, 5) is 0. The highest BCUT2D eigenvalue weighted by molar-refractivity contribution is 5.55. The van der Waals surface area contributed by atoms with E-state index in [1.54, 1.807) is 7.11 Å². The van der Waals surface area contributed by atoms with Crippen LogP contribution in [0, 0.1) is 0 Å². The SMILES string of the molecule is COc1ccc2c(c1C(C)N)OCCO2. The summed E-state index contributed by atoms with van der Waals surface area (Å²) in [5.74, 6) is 2.21. The zero-order chi connectivity index (χ0) is 10.8. The van der Waals surface area contributed by atoms with Crippen molar-refractivity contribution in [2.75, 3.05) is 20.3 Å². The highest BCUT2D eigenvalue weighted by atomic mass is 16.6. The molecule has 1 aromatic rings. The predicted octanol–water partition coefficient (Wildman–Crippen LogP) is 1.49. The Hall–Kier alpha value is -1.42. The number of ether oxygens (including phenoxy) is 3. The largest absolute Gasteiger partial charge is 0.496 e. The summed E-state index contributed by atoms with van der Waals surface area (Å²) in [6.07, 6.45) is 0. The Morgan fingerprint density at radius 2 is 2.07 bits per heavy atom. The lowest BCUT2D eigenvalue weighted by atomic mass is 10.1. The standard InChI is InChI=1S/C11H15NO3/c1-7(12)10-8(13-2)3-4-9-11(10)15-6-5-14-9/h3-4,7H,5-6,12H2,1-2H3. The van der Waals surface area contributed by atoms with E-state index < -0.39 is 0 Å². The van der Waals surface area contributed by atoms with E-state index in [1.807, 2.05) is 19.1 Å². The van der Waals surface area contributed by atoms with Crippen molar-refractivity contribution in [3.8, 4) is 17.2 Å². The molecule has 2 N–H and O–H groups in total. The molecule has 4 nitrogen and oxygen atoms in total. The molecule has 0 aromatic heterocycles. The summed E-state index contributed by atoms with van der Waals surface area (Å²) in [7, 11) is 1.62. The normalized spacial score (nSPS) is 15.9. The molecule has 1 aromatic carbocycles. The lowest BCUT2D eigenvalue weighted by Gasteiger charge is -2.24. The quantitative estimate of drug-likeness (QED) is 0.801. The monoisotopic (exact) mass is 209 g/mol. The number of rotatable bonds is 2. The maximum Gasteiger partial charge on any atom is 0.169 e. The van der Waals surface area contributed by atoms with Crippen LogP contribution in [0.15, 0.2) is 12.1 Å². The van der Waals surface area contributed by atoms with E-state index in [0.717, 1.165) is 22.8 Å². The molecular weight excluding hydrogens is 194 g/mol. The molecule has 0 spiro atoms. The van der Waals surface area contributed by atoms with Gasteiger partial charge in [-0.15, -0.1) is 0 Å². The Balaban J connectivity index is 2.54. The van der Waals surface area contributed by atoms with Gasteiger partial charge >= 0.3 is 0 Å². The van der Waals surface area contributed by atoms with Crippen molar-refractivity contribution in [3.05, 3.63) is 17.7 Å².